The highest BCUT2D eigenvalue weighted by atomic mass is 28.4. The predicted molar refractivity (Wildman–Crippen MR) is 137 cm³/mol. The summed E-state index contributed by atoms with van der Waals surface area (Å²) in [6.45, 7) is 29.5. The van der Waals surface area contributed by atoms with Gasteiger partial charge in [-0.05, 0) is 62.6 Å². The molecule has 0 aromatic heterocycles. The molecule has 2 nitrogen and oxygen atoms in total. The van der Waals surface area contributed by atoms with Crippen molar-refractivity contribution in [1.29, 1.82) is 0 Å². The first kappa shape index (κ1) is 27.6. The molecule has 0 fully saturated rings. The topological polar surface area (TPSA) is 18.5 Å². The van der Waals surface area contributed by atoms with Gasteiger partial charge in [0, 0.05) is 0 Å². The monoisotopic (exact) mass is 449 g/mol. The minimum atomic E-state index is -1.86. The molecule has 4 heteroatoms. The number of hydrogen-bond acceptors (Lipinski definition) is 2. The maximum atomic E-state index is 6.80. The maximum absolute atomic E-state index is 6.80. The Hall–Kier alpha value is -0.426. The average Bonchev–Trinajstić information content (AvgIpc) is 2.61. The third kappa shape index (κ3) is 5.87. The maximum Gasteiger partial charge on any atom is 0.200 e. The normalized spacial score (nSPS) is 13.7. The highest BCUT2D eigenvalue weighted by Crippen LogP contribution is 2.44. The molecule has 0 aliphatic heterocycles. The summed E-state index contributed by atoms with van der Waals surface area (Å²) >= 11 is 0. The Kier molecular flexibility index (Phi) is 10.5. The molecule has 173 valence electrons. The zero-order valence-corrected chi connectivity index (χ0v) is 23.9. The third-order valence-corrected chi connectivity index (χ3v) is 19.4. The minimum absolute atomic E-state index is 0.600. The van der Waals surface area contributed by atoms with Gasteiger partial charge in [-0.25, -0.2) is 0 Å². The van der Waals surface area contributed by atoms with Gasteiger partial charge in [-0.3, -0.25) is 0 Å². The van der Waals surface area contributed by atoms with E-state index in [9.17, 15) is 0 Å². The molecule has 1 radical (unpaired) electrons. The quantitative estimate of drug-likeness (QED) is 0.297. The summed E-state index contributed by atoms with van der Waals surface area (Å²) in [4.78, 5) is 0. The molecular weight excluding hydrogens is 400 g/mol. The highest BCUT2D eigenvalue weighted by molar-refractivity contribution is 6.78. The van der Waals surface area contributed by atoms with E-state index in [0.29, 0.717) is 46.5 Å². The Labute approximate surface area is 190 Å². The van der Waals surface area contributed by atoms with E-state index in [0.717, 1.165) is 0 Å². The van der Waals surface area contributed by atoms with Crippen LogP contribution in [0.4, 0.5) is 0 Å². The van der Waals surface area contributed by atoms with E-state index >= 15 is 0 Å². The second-order valence-electron chi connectivity index (χ2n) is 11.0. The summed E-state index contributed by atoms with van der Waals surface area (Å²) in [5.41, 5.74) is 6.04. The van der Waals surface area contributed by atoms with Crippen LogP contribution in [0.5, 0.6) is 0 Å². The Morgan fingerprint density at radius 3 is 1.07 bits per heavy atom. The lowest BCUT2D eigenvalue weighted by Gasteiger charge is -2.42. The molecule has 1 rings (SSSR count). The van der Waals surface area contributed by atoms with Crippen LogP contribution in [-0.4, -0.2) is 16.6 Å². The van der Waals surface area contributed by atoms with Gasteiger partial charge in [0.05, 0.1) is 13.2 Å². The number of rotatable bonds is 12. The van der Waals surface area contributed by atoms with Gasteiger partial charge in [-0.1, -0.05) is 89.2 Å². The second kappa shape index (κ2) is 11.4. The Morgan fingerprint density at radius 2 is 0.833 bits per heavy atom. The van der Waals surface area contributed by atoms with E-state index in [1.165, 1.54) is 11.1 Å². The molecule has 0 saturated carbocycles. The largest absolute Gasteiger partial charge is 0.412 e. The van der Waals surface area contributed by atoms with Crippen LogP contribution in [0.2, 0.25) is 33.2 Å². The molecule has 30 heavy (non-hydrogen) atoms. The van der Waals surface area contributed by atoms with Crippen LogP contribution in [0.15, 0.2) is 18.2 Å². The SMILES string of the molecule is CC(C)[Si](OCc1c[c]cc(CO[Si](C(C)C)(C(C)C)C(C)C)c1)(C(C)C)C(C)C. The average molecular weight is 450 g/mol. The van der Waals surface area contributed by atoms with Crippen LogP contribution >= 0.6 is 0 Å². The Morgan fingerprint density at radius 1 is 0.567 bits per heavy atom. The lowest BCUT2D eigenvalue weighted by atomic mass is 10.1. The van der Waals surface area contributed by atoms with Crippen LogP contribution in [0.3, 0.4) is 0 Å². The molecule has 1 aromatic carbocycles. The fourth-order valence-corrected chi connectivity index (χ4v) is 17.0. The van der Waals surface area contributed by atoms with Gasteiger partial charge < -0.3 is 8.85 Å². The molecule has 0 N–H and O–H groups in total. The zero-order valence-electron chi connectivity index (χ0n) is 21.9. The summed E-state index contributed by atoms with van der Waals surface area (Å²) in [6, 6.07) is 9.79. The molecule has 0 atom stereocenters. The van der Waals surface area contributed by atoms with Gasteiger partial charge in [0.1, 0.15) is 0 Å². The van der Waals surface area contributed by atoms with Crippen molar-refractivity contribution in [3.63, 3.8) is 0 Å². The first-order valence-corrected chi connectivity index (χ1v) is 16.4. The van der Waals surface area contributed by atoms with Crippen molar-refractivity contribution in [1.82, 2.24) is 0 Å². The van der Waals surface area contributed by atoms with Gasteiger partial charge in [0.25, 0.3) is 0 Å². The predicted octanol–water partition coefficient (Wildman–Crippen LogP) is 8.87. The first-order valence-electron chi connectivity index (χ1n) is 12.1. The van der Waals surface area contributed by atoms with Crippen molar-refractivity contribution >= 4 is 16.6 Å². The summed E-state index contributed by atoms with van der Waals surface area (Å²) in [7, 11) is -3.72. The van der Waals surface area contributed by atoms with Gasteiger partial charge in [0.2, 0.25) is 16.6 Å². The third-order valence-electron chi connectivity index (χ3n) is 7.30. The van der Waals surface area contributed by atoms with E-state index in [2.05, 4.69) is 107 Å². The fourth-order valence-electron chi connectivity index (χ4n) is 6.16. The van der Waals surface area contributed by atoms with Crippen LogP contribution in [0.25, 0.3) is 0 Å². The smallest absolute Gasteiger partial charge is 0.200 e. The van der Waals surface area contributed by atoms with Crippen molar-refractivity contribution < 1.29 is 8.85 Å². The number of benzene rings is 1. The summed E-state index contributed by atoms with van der Waals surface area (Å²) in [5, 5.41) is 0. The highest BCUT2D eigenvalue weighted by Gasteiger charge is 2.46. The summed E-state index contributed by atoms with van der Waals surface area (Å²) < 4.78 is 13.6. The molecular formula is C26H49O2Si2. The lowest BCUT2D eigenvalue weighted by Crippen LogP contribution is -2.47. The molecule has 0 aliphatic rings. The molecule has 0 aliphatic carbocycles. The Balaban J connectivity index is 3.01. The van der Waals surface area contributed by atoms with E-state index < -0.39 is 16.6 Å². The van der Waals surface area contributed by atoms with Gasteiger partial charge >= 0.3 is 0 Å². The summed E-state index contributed by atoms with van der Waals surface area (Å²) in [6.07, 6.45) is 0. The van der Waals surface area contributed by atoms with Gasteiger partial charge in [-0.2, -0.15) is 0 Å². The van der Waals surface area contributed by atoms with Crippen LogP contribution in [0, 0.1) is 6.07 Å². The van der Waals surface area contributed by atoms with Crippen molar-refractivity contribution in [3.8, 4) is 0 Å². The molecule has 0 spiro atoms. The molecule has 0 unspecified atom stereocenters. The molecule has 0 heterocycles. The van der Waals surface area contributed by atoms with E-state index in [1.54, 1.807) is 0 Å². The van der Waals surface area contributed by atoms with E-state index in [1.807, 2.05) is 0 Å². The molecule has 0 saturated heterocycles. The minimum Gasteiger partial charge on any atom is -0.412 e. The van der Waals surface area contributed by atoms with Crippen LogP contribution in [0.1, 0.15) is 94.2 Å². The molecule has 1 aromatic rings. The van der Waals surface area contributed by atoms with Crippen molar-refractivity contribution in [2.24, 2.45) is 0 Å². The Bertz CT molecular complexity index is 541. The van der Waals surface area contributed by atoms with E-state index in [4.69, 9.17) is 8.85 Å². The van der Waals surface area contributed by atoms with Gasteiger partial charge in [-0.15, -0.1) is 0 Å². The van der Waals surface area contributed by atoms with Gasteiger partial charge in [0.15, 0.2) is 0 Å². The summed E-state index contributed by atoms with van der Waals surface area (Å²) in [5.74, 6) is 0. The first-order chi connectivity index (χ1) is 13.8. The van der Waals surface area contributed by atoms with E-state index in [-0.39, 0.29) is 0 Å². The van der Waals surface area contributed by atoms with Crippen LogP contribution in [-0.2, 0) is 22.1 Å². The zero-order chi connectivity index (χ0) is 23.3. The fraction of sp³-hybridized carbons (Fsp3) is 0.769. The molecule has 0 bridgehead atoms. The standard InChI is InChI=1S/C26H49O2Si2/c1-19(2)29(20(3)4,21(5)6)27-17-25-14-13-15-26(16-25)18-28-30(22(7)8,23(9)10)24(11)12/h14-16,19-24H,17-18H2,1-12H3. The van der Waals surface area contributed by atoms with Crippen molar-refractivity contribution in [2.75, 3.05) is 0 Å². The second-order valence-corrected chi connectivity index (χ2v) is 21.9. The van der Waals surface area contributed by atoms with Crippen molar-refractivity contribution in [2.45, 2.75) is 130 Å². The van der Waals surface area contributed by atoms with Crippen molar-refractivity contribution in [3.05, 3.63) is 35.4 Å². The van der Waals surface area contributed by atoms with Crippen LogP contribution < -0.4 is 0 Å². The lowest BCUT2D eigenvalue weighted by molar-refractivity contribution is 0.260. The molecule has 0 amide bonds. The number of hydrogen-bond donors (Lipinski definition) is 0.